The molecule has 0 aromatic heterocycles. The molecule has 0 aliphatic carbocycles. The van der Waals surface area contributed by atoms with E-state index in [-0.39, 0.29) is 18.0 Å². The summed E-state index contributed by atoms with van der Waals surface area (Å²) in [6.45, 7) is 6.95. The highest BCUT2D eigenvalue weighted by Crippen LogP contribution is 2.22. The first-order valence-corrected chi connectivity index (χ1v) is 8.73. The summed E-state index contributed by atoms with van der Waals surface area (Å²) in [6.07, 6.45) is 2.40. The first-order chi connectivity index (χ1) is 10.7. The van der Waals surface area contributed by atoms with Crippen molar-refractivity contribution in [2.45, 2.75) is 51.7 Å². The smallest absolute Gasteiger partial charge is 0.410 e. The van der Waals surface area contributed by atoms with Crippen LogP contribution in [0.2, 0.25) is 0 Å². The normalized spacial score (nSPS) is 19.2. The topological polar surface area (TPSA) is 41.6 Å². The van der Waals surface area contributed by atoms with Crippen molar-refractivity contribution >= 4 is 27.7 Å². The van der Waals surface area contributed by atoms with E-state index in [1.165, 1.54) is 6.07 Å². The van der Waals surface area contributed by atoms with Gasteiger partial charge in [-0.2, -0.15) is 0 Å². The molecule has 2 rings (SSSR count). The summed E-state index contributed by atoms with van der Waals surface area (Å²) in [5.74, 6) is -0.279. The number of nitrogens with one attached hydrogen (secondary N) is 1. The fraction of sp³-hybridized carbons (Fsp3) is 0.588. The number of carbonyl (C=O) groups is 1. The van der Waals surface area contributed by atoms with Crippen LogP contribution < -0.4 is 5.32 Å². The molecule has 128 valence electrons. The van der Waals surface area contributed by atoms with Gasteiger partial charge in [0.05, 0.1) is 4.47 Å². The Labute approximate surface area is 145 Å². The molecule has 0 radical (unpaired) electrons. The molecule has 1 aromatic carbocycles. The van der Waals surface area contributed by atoms with Crippen LogP contribution in [-0.4, -0.2) is 35.7 Å². The van der Waals surface area contributed by atoms with Gasteiger partial charge in [-0.3, -0.25) is 0 Å². The van der Waals surface area contributed by atoms with Gasteiger partial charge in [-0.15, -0.1) is 0 Å². The Kier molecular flexibility index (Phi) is 5.89. The Morgan fingerprint density at radius 3 is 2.74 bits per heavy atom. The van der Waals surface area contributed by atoms with Crippen molar-refractivity contribution in [2.75, 3.05) is 18.4 Å². The number of benzene rings is 1. The number of carbonyl (C=O) groups excluding carboxylic acids is 1. The van der Waals surface area contributed by atoms with Crippen molar-refractivity contribution in [1.82, 2.24) is 4.90 Å². The van der Waals surface area contributed by atoms with Gasteiger partial charge in [-0.1, -0.05) is 0 Å². The van der Waals surface area contributed by atoms with E-state index in [4.69, 9.17) is 4.74 Å². The minimum Gasteiger partial charge on any atom is -0.444 e. The highest BCUT2D eigenvalue weighted by atomic mass is 79.9. The lowest BCUT2D eigenvalue weighted by atomic mass is 10.1. The molecule has 1 N–H and O–H groups in total. The first kappa shape index (κ1) is 18.0. The number of halogens is 2. The van der Waals surface area contributed by atoms with Crippen LogP contribution in [0.5, 0.6) is 0 Å². The monoisotopic (exact) mass is 386 g/mol. The van der Waals surface area contributed by atoms with Crippen molar-refractivity contribution < 1.29 is 13.9 Å². The largest absolute Gasteiger partial charge is 0.444 e. The molecule has 1 amide bonds. The van der Waals surface area contributed by atoms with Gasteiger partial charge in [0.15, 0.2) is 0 Å². The molecule has 1 aliphatic heterocycles. The Balaban J connectivity index is 1.90. The molecule has 0 spiro atoms. The van der Waals surface area contributed by atoms with E-state index in [1.807, 2.05) is 26.8 Å². The number of hydrogen-bond acceptors (Lipinski definition) is 3. The molecular weight excluding hydrogens is 363 g/mol. The molecule has 23 heavy (non-hydrogen) atoms. The number of amides is 1. The van der Waals surface area contributed by atoms with Crippen molar-refractivity contribution in [3.8, 4) is 0 Å². The SMILES string of the molecule is CC(C)(C)OC(=O)N1CCCC(Nc2ccc(Br)c(F)c2)CC1. The molecule has 1 heterocycles. The van der Waals surface area contributed by atoms with E-state index in [1.54, 1.807) is 11.0 Å². The lowest BCUT2D eigenvalue weighted by Crippen LogP contribution is -2.37. The van der Waals surface area contributed by atoms with Crippen molar-refractivity contribution in [3.05, 3.63) is 28.5 Å². The van der Waals surface area contributed by atoms with E-state index >= 15 is 0 Å². The van der Waals surface area contributed by atoms with Gasteiger partial charge in [0.1, 0.15) is 11.4 Å². The molecule has 1 aliphatic rings. The molecular formula is C17H24BrFN2O2. The lowest BCUT2D eigenvalue weighted by Gasteiger charge is -2.26. The summed E-state index contributed by atoms with van der Waals surface area (Å²) >= 11 is 3.15. The average Bonchev–Trinajstić information content (AvgIpc) is 2.67. The van der Waals surface area contributed by atoms with Gasteiger partial charge in [0.2, 0.25) is 0 Å². The molecule has 1 atom stereocenters. The van der Waals surface area contributed by atoms with E-state index in [0.717, 1.165) is 24.9 Å². The van der Waals surface area contributed by atoms with Gasteiger partial charge >= 0.3 is 6.09 Å². The molecule has 1 unspecified atom stereocenters. The summed E-state index contributed by atoms with van der Waals surface area (Å²) in [5, 5.41) is 3.36. The molecule has 4 nitrogen and oxygen atoms in total. The fourth-order valence-electron chi connectivity index (χ4n) is 2.57. The molecule has 1 aromatic rings. The van der Waals surface area contributed by atoms with Gasteiger partial charge in [-0.05, 0) is 74.2 Å². The second-order valence-electron chi connectivity index (χ2n) is 6.87. The highest BCUT2D eigenvalue weighted by molar-refractivity contribution is 9.10. The molecule has 0 saturated carbocycles. The summed E-state index contributed by atoms with van der Waals surface area (Å²) in [4.78, 5) is 13.9. The van der Waals surface area contributed by atoms with Crippen LogP contribution >= 0.6 is 15.9 Å². The maximum atomic E-state index is 13.6. The van der Waals surface area contributed by atoms with Gasteiger partial charge in [0.25, 0.3) is 0 Å². The Hall–Kier alpha value is -1.30. The zero-order chi connectivity index (χ0) is 17.0. The second-order valence-corrected chi connectivity index (χ2v) is 7.72. The van der Waals surface area contributed by atoms with Crippen molar-refractivity contribution in [2.24, 2.45) is 0 Å². The predicted molar refractivity (Wildman–Crippen MR) is 93.2 cm³/mol. The quantitative estimate of drug-likeness (QED) is 0.794. The molecule has 1 saturated heterocycles. The van der Waals surface area contributed by atoms with Gasteiger partial charge in [-0.25, -0.2) is 9.18 Å². The minimum atomic E-state index is -0.476. The van der Waals surface area contributed by atoms with Crippen molar-refractivity contribution in [1.29, 1.82) is 0 Å². The zero-order valence-electron chi connectivity index (χ0n) is 13.9. The Bertz CT molecular complexity index is 560. The third-order valence-corrected chi connectivity index (χ3v) is 4.31. The number of nitrogens with zero attached hydrogens (tertiary/aromatic N) is 1. The maximum absolute atomic E-state index is 13.6. The van der Waals surface area contributed by atoms with Gasteiger partial charge in [0, 0.05) is 24.8 Å². The second kappa shape index (κ2) is 7.51. The Morgan fingerprint density at radius 1 is 1.35 bits per heavy atom. The fourth-order valence-corrected chi connectivity index (χ4v) is 2.82. The number of ether oxygens (including phenoxy) is 1. The minimum absolute atomic E-state index is 0.225. The zero-order valence-corrected chi connectivity index (χ0v) is 15.5. The predicted octanol–water partition coefficient (Wildman–Crippen LogP) is 4.79. The van der Waals surface area contributed by atoms with Crippen LogP contribution in [0, 0.1) is 5.82 Å². The third kappa shape index (κ3) is 5.68. The van der Waals surface area contributed by atoms with Crippen LogP contribution in [0.25, 0.3) is 0 Å². The summed E-state index contributed by atoms with van der Waals surface area (Å²) in [6, 6.07) is 5.26. The van der Waals surface area contributed by atoms with Crippen LogP contribution in [0.15, 0.2) is 22.7 Å². The molecule has 0 bridgehead atoms. The number of hydrogen-bond donors (Lipinski definition) is 1. The Morgan fingerprint density at radius 2 is 2.09 bits per heavy atom. The van der Waals surface area contributed by atoms with E-state index in [9.17, 15) is 9.18 Å². The van der Waals surface area contributed by atoms with Crippen LogP contribution in [0.3, 0.4) is 0 Å². The average molecular weight is 387 g/mol. The van der Waals surface area contributed by atoms with Crippen molar-refractivity contribution in [3.63, 3.8) is 0 Å². The highest BCUT2D eigenvalue weighted by Gasteiger charge is 2.25. The lowest BCUT2D eigenvalue weighted by molar-refractivity contribution is 0.0256. The summed E-state index contributed by atoms with van der Waals surface area (Å²) < 4.78 is 19.5. The third-order valence-electron chi connectivity index (χ3n) is 3.67. The maximum Gasteiger partial charge on any atom is 0.410 e. The number of rotatable bonds is 2. The van der Waals surface area contributed by atoms with Crippen LogP contribution in [0.4, 0.5) is 14.9 Å². The first-order valence-electron chi connectivity index (χ1n) is 7.94. The molecule has 1 fully saturated rings. The van der Waals surface area contributed by atoms with Crippen LogP contribution in [0.1, 0.15) is 40.0 Å². The van der Waals surface area contributed by atoms with E-state index in [2.05, 4.69) is 21.2 Å². The van der Waals surface area contributed by atoms with E-state index < -0.39 is 5.60 Å². The van der Waals surface area contributed by atoms with Gasteiger partial charge < -0.3 is 15.0 Å². The molecule has 6 heteroatoms. The van der Waals surface area contributed by atoms with E-state index in [0.29, 0.717) is 17.6 Å². The number of likely N-dealkylation sites (tertiary alicyclic amines) is 1. The number of anilines is 1. The summed E-state index contributed by atoms with van der Waals surface area (Å²) in [5.41, 5.74) is 0.289. The van der Waals surface area contributed by atoms with Crippen LogP contribution in [-0.2, 0) is 4.74 Å². The summed E-state index contributed by atoms with van der Waals surface area (Å²) in [7, 11) is 0. The standard InChI is InChI=1S/C17H24BrFN2O2/c1-17(2,3)23-16(22)21-9-4-5-12(8-10-21)20-13-6-7-14(18)15(19)11-13/h6-7,11-12,20H,4-5,8-10H2,1-3H3.